The van der Waals surface area contributed by atoms with Gasteiger partial charge in [0.15, 0.2) is 5.76 Å². The Hall–Kier alpha value is -2.47. The van der Waals surface area contributed by atoms with Crippen LogP contribution in [-0.2, 0) is 4.79 Å². The Morgan fingerprint density at radius 1 is 1.15 bits per heavy atom. The van der Waals surface area contributed by atoms with Crippen molar-refractivity contribution >= 4 is 23.0 Å². The molecule has 2 heterocycles. The highest BCUT2D eigenvalue weighted by Gasteiger charge is 2.47. The molecule has 1 saturated carbocycles. The molecule has 26 heavy (non-hydrogen) atoms. The number of carbonyl (C=O) groups is 2. The Bertz CT molecular complexity index is 867. The van der Waals surface area contributed by atoms with Crippen molar-refractivity contribution in [1.82, 2.24) is 4.90 Å². The van der Waals surface area contributed by atoms with Gasteiger partial charge in [-0.25, -0.2) is 4.39 Å². The number of hydrogen-bond acceptors (Lipinski definition) is 4. The molecular weight excluding hydrogens is 353 g/mol. The van der Waals surface area contributed by atoms with E-state index in [0.717, 1.165) is 25.7 Å². The van der Waals surface area contributed by atoms with Gasteiger partial charge in [-0.2, -0.15) is 0 Å². The molecule has 134 valence electrons. The third-order valence-corrected chi connectivity index (χ3v) is 6.01. The molecule has 1 aromatic heterocycles. The van der Waals surface area contributed by atoms with Gasteiger partial charge in [-0.05, 0) is 42.0 Å². The lowest BCUT2D eigenvalue weighted by Gasteiger charge is -2.32. The van der Waals surface area contributed by atoms with Crippen molar-refractivity contribution in [2.45, 2.75) is 37.8 Å². The summed E-state index contributed by atoms with van der Waals surface area (Å²) in [7, 11) is 0. The number of hydrogen-bond donors (Lipinski definition) is 1. The standard InChI is InChI=1S/C20H18FNO3S/c21-13-9-7-12(8-10-13)17-16(18(23)15-6-3-11-26-15)19(24)20(25)22(17)14-4-1-2-5-14/h3,6-11,14,17,24H,1-2,4-5H2. The van der Waals surface area contributed by atoms with E-state index in [-0.39, 0.29) is 23.2 Å². The largest absolute Gasteiger partial charge is 0.503 e. The molecule has 2 aromatic rings. The molecule has 2 aliphatic rings. The van der Waals surface area contributed by atoms with Crippen LogP contribution in [0, 0.1) is 5.82 Å². The highest BCUT2D eigenvalue weighted by molar-refractivity contribution is 7.12. The number of Topliss-reactive ketones (excluding diaryl/α,β-unsaturated/α-hetero) is 1. The predicted molar refractivity (Wildman–Crippen MR) is 96.5 cm³/mol. The van der Waals surface area contributed by atoms with Crippen LogP contribution in [0.1, 0.15) is 47.0 Å². The first-order valence-corrected chi connectivity index (χ1v) is 9.55. The zero-order valence-corrected chi connectivity index (χ0v) is 14.8. The summed E-state index contributed by atoms with van der Waals surface area (Å²) in [6.07, 6.45) is 3.72. The Labute approximate surface area is 154 Å². The minimum Gasteiger partial charge on any atom is -0.503 e. The zero-order chi connectivity index (χ0) is 18.3. The number of halogens is 1. The summed E-state index contributed by atoms with van der Waals surface area (Å²) in [5.74, 6) is -1.72. The van der Waals surface area contributed by atoms with Crippen molar-refractivity contribution in [2.75, 3.05) is 0 Å². The van der Waals surface area contributed by atoms with E-state index < -0.39 is 17.7 Å². The number of aliphatic hydroxyl groups is 1. The number of thiophene rings is 1. The second-order valence-electron chi connectivity index (χ2n) is 6.67. The first kappa shape index (κ1) is 17.0. The Morgan fingerprint density at radius 2 is 1.85 bits per heavy atom. The topological polar surface area (TPSA) is 57.6 Å². The van der Waals surface area contributed by atoms with Gasteiger partial charge < -0.3 is 10.0 Å². The highest BCUT2D eigenvalue weighted by Crippen LogP contribution is 2.43. The predicted octanol–water partition coefficient (Wildman–Crippen LogP) is 4.41. The minimum absolute atomic E-state index is 0.0201. The third-order valence-electron chi connectivity index (χ3n) is 5.14. The summed E-state index contributed by atoms with van der Waals surface area (Å²) in [6, 6.07) is 8.52. The summed E-state index contributed by atoms with van der Waals surface area (Å²) in [5, 5.41) is 12.3. The molecule has 1 fully saturated rings. The quantitative estimate of drug-likeness (QED) is 0.810. The molecule has 1 atom stereocenters. The van der Waals surface area contributed by atoms with Crippen molar-refractivity contribution in [1.29, 1.82) is 0 Å². The van der Waals surface area contributed by atoms with Gasteiger partial charge in [-0.1, -0.05) is 31.0 Å². The number of benzene rings is 1. The average molecular weight is 371 g/mol. The van der Waals surface area contributed by atoms with Gasteiger partial charge in [-0.15, -0.1) is 11.3 Å². The van der Waals surface area contributed by atoms with Crippen LogP contribution in [0.3, 0.4) is 0 Å². The van der Waals surface area contributed by atoms with Crippen LogP contribution in [0.5, 0.6) is 0 Å². The van der Waals surface area contributed by atoms with Gasteiger partial charge in [0.25, 0.3) is 5.91 Å². The summed E-state index contributed by atoms with van der Waals surface area (Å²) in [5.41, 5.74) is 0.728. The summed E-state index contributed by atoms with van der Waals surface area (Å²) in [6.45, 7) is 0. The van der Waals surface area contributed by atoms with Crippen LogP contribution in [0.2, 0.25) is 0 Å². The number of amides is 1. The molecule has 0 saturated heterocycles. The van der Waals surface area contributed by atoms with Crippen LogP contribution in [0.25, 0.3) is 0 Å². The van der Waals surface area contributed by atoms with E-state index in [2.05, 4.69) is 0 Å². The van der Waals surface area contributed by atoms with Gasteiger partial charge in [0, 0.05) is 6.04 Å². The molecule has 1 N–H and O–H groups in total. The number of carbonyl (C=O) groups excluding carboxylic acids is 2. The van der Waals surface area contributed by atoms with Crippen LogP contribution >= 0.6 is 11.3 Å². The molecule has 0 radical (unpaired) electrons. The van der Waals surface area contributed by atoms with Crippen LogP contribution < -0.4 is 0 Å². The normalized spacial score (nSPS) is 21.0. The van der Waals surface area contributed by atoms with E-state index in [4.69, 9.17) is 0 Å². The van der Waals surface area contributed by atoms with Crippen molar-refractivity contribution in [2.24, 2.45) is 0 Å². The van der Waals surface area contributed by atoms with E-state index >= 15 is 0 Å². The summed E-state index contributed by atoms with van der Waals surface area (Å²) in [4.78, 5) is 27.9. The van der Waals surface area contributed by atoms with Crippen LogP contribution in [0.15, 0.2) is 53.1 Å². The highest BCUT2D eigenvalue weighted by atomic mass is 32.1. The number of aliphatic hydroxyl groups excluding tert-OH is 1. The van der Waals surface area contributed by atoms with Gasteiger partial charge in [0.2, 0.25) is 5.78 Å². The third kappa shape index (κ3) is 2.74. The van der Waals surface area contributed by atoms with Gasteiger partial charge in [-0.3, -0.25) is 9.59 Å². The van der Waals surface area contributed by atoms with E-state index in [9.17, 15) is 19.1 Å². The lowest BCUT2D eigenvalue weighted by molar-refractivity contribution is -0.131. The minimum atomic E-state index is -0.680. The monoisotopic (exact) mass is 371 g/mol. The maximum Gasteiger partial charge on any atom is 0.290 e. The molecule has 1 aliphatic carbocycles. The maximum absolute atomic E-state index is 13.4. The maximum atomic E-state index is 13.4. The van der Waals surface area contributed by atoms with Crippen molar-refractivity contribution < 1.29 is 19.1 Å². The Balaban J connectivity index is 1.82. The fraction of sp³-hybridized carbons (Fsp3) is 0.300. The molecule has 4 nitrogen and oxygen atoms in total. The summed E-state index contributed by atoms with van der Waals surface area (Å²) >= 11 is 1.27. The zero-order valence-electron chi connectivity index (χ0n) is 14.0. The molecule has 1 unspecified atom stereocenters. The van der Waals surface area contributed by atoms with E-state index in [1.807, 2.05) is 0 Å². The number of rotatable bonds is 4. The molecule has 0 spiro atoms. The second kappa shape index (κ2) is 6.68. The van der Waals surface area contributed by atoms with E-state index in [1.165, 1.54) is 23.5 Å². The van der Waals surface area contributed by atoms with Crippen molar-refractivity contribution in [3.05, 3.63) is 69.4 Å². The molecule has 1 aromatic carbocycles. The van der Waals surface area contributed by atoms with Crippen molar-refractivity contribution in [3.63, 3.8) is 0 Å². The SMILES string of the molecule is O=C(C1=C(O)C(=O)N(C2CCCC2)C1c1ccc(F)cc1)c1cccs1. The summed E-state index contributed by atoms with van der Waals surface area (Å²) < 4.78 is 13.4. The fourth-order valence-corrected chi connectivity index (χ4v) is 4.60. The molecule has 1 aliphatic heterocycles. The van der Waals surface area contributed by atoms with Gasteiger partial charge in [0.1, 0.15) is 5.82 Å². The van der Waals surface area contributed by atoms with Crippen LogP contribution in [-0.4, -0.2) is 27.7 Å². The lowest BCUT2D eigenvalue weighted by Crippen LogP contribution is -2.38. The first-order valence-electron chi connectivity index (χ1n) is 8.67. The van der Waals surface area contributed by atoms with Crippen LogP contribution in [0.4, 0.5) is 4.39 Å². The number of nitrogens with zero attached hydrogens (tertiary/aromatic N) is 1. The molecule has 1 amide bonds. The molecule has 0 bridgehead atoms. The smallest absolute Gasteiger partial charge is 0.290 e. The Kier molecular flexibility index (Phi) is 4.36. The molecule has 6 heteroatoms. The van der Waals surface area contributed by atoms with Gasteiger partial charge in [0.05, 0.1) is 16.5 Å². The fourth-order valence-electron chi connectivity index (χ4n) is 3.93. The first-order chi connectivity index (χ1) is 12.6. The van der Waals surface area contributed by atoms with E-state index in [0.29, 0.717) is 10.4 Å². The van der Waals surface area contributed by atoms with Crippen molar-refractivity contribution in [3.8, 4) is 0 Å². The number of ketones is 1. The Morgan fingerprint density at radius 3 is 2.46 bits per heavy atom. The molecule has 4 rings (SSSR count). The van der Waals surface area contributed by atoms with E-state index in [1.54, 1.807) is 34.5 Å². The average Bonchev–Trinajstić information content (AvgIpc) is 3.38. The van der Waals surface area contributed by atoms with Gasteiger partial charge >= 0.3 is 0 Å². The second-order valence-corrected chi connectivity index (χ2v) is 7.62. The molecular formula is C20H18FNO3S. The lowest BCUT2D eigenvalue weighted by atomic mass is 9.94.